The third kappa shape index (κ3) is 8.38. The molecule has 0 aliphatic heterocycles. The molecule has 0 bridgehead atoms. The number of carbonyl (C=O) groups is 4. The number of carboxylic acid groups (broad SMARTS) is 1. The largest absolute Gasteiger partial charge is 0.480 e. The van der Waals surface area contributed by atoms with Crippen molar-refractivity contribution in [3.05, 3.63) is 0 Å². The van der Waals surface area contributed by atoms with Crippen LogP contribution in [0.3, 0.4) is 0 Å². The molecule has 0 rings (SSSR count). The number of nitrogens with two attached hydrogens (primary N) is 2. The predicted molar refractivity (Wildman–Crippen MR) is 83.4 cm³/mol. The van der Waals surface area contributed by atoms with Crippen LogP contribution in [-0.2, 0) is 19.2 Å². The molecular formula is C12H22N4O6S. The van der Waals surface area contributed by atoms with E-state index in [2.05, 4.69) is 10.6 Å². The molecular weight excluding hydrogens is 328 g/mol. The number of amides is 3. The molecule has 132 valence electrons. The maximum atomic E-state index is 12.1. The Balaban J connectivity index is 4.93. The molecule has 10 nitrogen and oxygen atoms in total. The number of primary amides is 1. The van der Waals surface area contributed by atoms with Crippen molar-refractivity contribution in [3.63, 3.8) is 0 Å². The molecule has 0 fully saturated rings. The second-order valence-electron chi connectivity index (χ2n) is 4.70. The summed E-state index contributed by atoms with van der Waals surface area (Å²) in [6.07, 6.45) is 1.45. The molecule has 0 unspecified atom stereocenters. The molecule has 0 saturated heterocycles. The predicted octanol–water partition coefficient (Wildman–Crippen LogP) is -3.01. The fraction of sp³-hybridized carbons (Fsp3) is 0.667. The first-order valence-electron chi connectivity index (χ1n) is 6.70. The van der Waals surface area contributed by atoms with Crippen molar-refractivity contribution in [3.8, 4) is 0 Å². The molecule has 0 saturated carbocycles. The highest BCUT2D eigenvalue weighted by Crippen LogP contribution is 2.03. The topological polar surface area (TPSA) is 185 Å². The van der Waals surface area contributed by atoms with Crippen LogP contribution in [0.4, 0.5) is 0 Å². The van der Waals surface area contributed by atoms with E-state index in [-0.39, 0.29) is 6.42 Å². The molecule has 0 aliphatic carbocycles. The zero-order valence-electron chi connectivity index (χ0n) is 12.7. The van der Waals surface area contributed by atoms with Crippen molar-refractivity contribution in [2.75, 3.05) is 18.6 Å². The summed E-state index contributed by atoms with van der Waals surface area (Å²) in [4.78, 5) is 45.7. The molecule has 0 aromatic carbocycles. The molecule has 0 aromatic rings. The molecule has 8 N–H and O–H groups in total. The molecule has 3 amide bonds. The van der Waals surface area contributed by atoms with Crippen molar-refractivity contribution >= 4 is 35.5 Å². The van der Waals surface area contributed by atoms with E-state index in [9.17, 15) is 19.2 Å². The van der Waals surface area contributed by atoms with Crippen LogP contribution in [0, 0.1) is 0 Å². The van der Waals surface area contributed by atoms with Crippen molar-refractivity contribution in [1.29, 1.82) is 0 Å². The van der Waals surface area contributed by atoms with Gasteiger partial charge in [-0.05, 0) is 18.4 Å². The van der Waals surface area contributed by atoms with Crippen LogP contribution in [0.5, 0.6) is 0 Å². The number of thioether (sulfide) groups is 1. The van der Waals surface area contributed by atoms with E-state index in [1.807, 2.05) is 0 Å². The summed E-state index contributed by atoms with van der Waals surface area (Å²) in [5.74, 6) is -3.30. The Kier molecular flexibility index (Phi) is 9.94. The van der Waals surface area contributed by atoms with E-state index in [1.54, 1.807) is 6.26 Å². The summed E-state index contributed by atoms with van der Waals surface area (Å²) in [6.45, 7) is -0.595. The highest BCUT2D eigenvalue weighted by Gasteiger charge is 2.28. The van der Waals surface area contributed by atoms with Gasteiger partial charge in [0.1, 0.15) is 18.1 Å². The van der Waals surface area contributed by atoms with Crippen LogP contribution in [0.25, 0.3) is 0 Å². The van der Waals surface area contributed by atoms with Crippen LogP contribution in [0.2, 0.25) is 0 Å². The number of hydrogen-bond acceptors (Lipinski definition) is 7. The van der Waals surface area contributed by atoms with Gasteiger partial charge in [0.05, 0.1) is 13.0 Å². The van der Waals surface area contributed by atoms with Gasteiger partial charge in [-0.15, -0.1) is 0 Å². The average Bonchev–Trinajstić information content (AvgIpc) is 2.48. The molecule has 3 atom stereocenters. The van der Waals surface area contributed by atoms with E-state index in [4.69, 9.17) is 21.7 Å². The van der Waals surface area contributed by atoms with E-state index in [0.29, 0.717) is 5.75 Å². The second kappa shape index (κ2) is 10.8. The summed E-state index contributed by atoms with van der Waals surface area (Å²) < 4.78 is 0. The van der Waals surface area contributed by atoms with Crippen molar-refractivity contribution in [2.45, 2.75) is 31.0 Å². The first-order valence-corrected chi connectivity index (χ1v) is 8.09. The fourth-order valence-corrected chi connectivity index (χ4v) is 2.01. The Morgan fingerprint density at radius 1 is 1.13 bits per heavy atom. The SMILES string of the molecule is CSCC[C@H](NC(=O)[C@@H](N)CO)C(=O)N[C@@H](CC(N)=O)C(=O)O. The Bertz CT molecular complexity index is 447. The standard InChI is InChI=1S/C12H22N4O6S/c1-23-3-2-7(15-10(19)6(13)5-17)11(20)16-8(12(21)22)4-9(14)18/h6-8,17H,2-5,13H2,1H3,(H2,14,18)(H,15,19)(H,16,20)(H,21,22)/t6-,7-,8-/m0/s1. The lowest BCUT2D eigenvalue weighted by molar-refractivity contribution is -0.143. The van der Waals surface area contributed by atoms with Crippen molar-refractivity contribution < 1.29 is 29.4 Å². The molecule has 23 heavy (non-hydrogen) atoms. The average molecular weight is 350 g/mol. The highest BCUT2D eigenvalue weighted by molar-refractivity contribution is 7.98. The Hall–Kier alpha value is -1.85. The molecule has 0 spiro atoms. The van der Waals surface area contributed by atoms with Gasteiger partial charge in [-0.2, -0.15) is 11.8 Å². The van der Waals surface area contributed by atoms with Crippen LogP contribution < -0.4 is 22.1 Å². The van der Waals surface area contributed by atoms with Gasteiger partial charge in [0, 0.05) is 0 Å². The van der Waals surface area contributed by atoms with Gasteiger partial charge in [-0.1, -0.05) is 0 Å². The molecule has 0 heterocycles. The van der Waals surface area contributed by atoms with E-state index >= 15 is 0 Å². The van der Waals surface area contributed by atoms with E-state index < -0.39 is 54.8 Å². The molecule has 0 aliphatic rings. The number of aliphatic hydroxyl groups excluding tert-OH is 1. The number of rotatable bonds is 11. The minimum Gasteiger partial charge on any atom is -0.480 e. The molecule has 0 radical (unpaired) electrons. The fourth-order valence-electron chi connectivity index (χ4n) is 1.54. The number of carbonyl (C=O) groups excluding carboxylic acids is 3. The summed E-state index contributed by atoms with van der Waals surface area (Å²) >= 11 is 1.42. The monoisotopic (exact) mass is 350 g/mol. The maximum Gasteiger partial charge on any atom is 0.326 e. The van der Waals surface area contributed by atoms with Crippen LogP contribution >= 0.6 is 11.8 Å². The number of carboxylic acids is 1. The quantitative estimate of drug-likeness (QED) is 0.227. The van der Waals surface area contributed by atoms with Crippen LogP contribution in [0.15, 0.2) is 0 Å². The number of aliphatic hydroxyl groups is 1. The molecule has 0 aromatic heterocycles. The Morgan fingerprint density at radius 2 is 1.70 bits per heavy atom. The van der Waals surface area contributed by atoms with Gasteiger partial charge in [-0.3, -0.25) is 14.4 Å². The lowest BCUT2D eigenvalue weighted by Crippen LogP contribution is -2.55. The number of nitrogens with one attached hydrogen (secondary N) is 2. The van der Waals surface area contributed by atoms with Gasteiger partial charge in [-0.25, -0.2) is 4.79 Å². The first-order chi connectivity index (χ1) is 10.7. The third-order valence-corrected chi connectivity index (χ3v) is 3.44. The normalized spacial score (nSPS) is 14.4. The zero-order chi connectivity index (χ0) is 18.0. The maximum absolute atomic E-state index is 12.1. The smallest absolute Gasteiger partial charge is 0.326 e. The van der Waals surface area contributed by atoms with Gasteiger partial charge in [0.2, 0.25) is 17.7 Å². The lowest BCUT2D eigenvalue weighted by atomic mass is 10.1. The number of aliphatic carboxylic acids is 1. The Morgan fingerprint density at radius 3 is 2.13 bits per heavy atom. The van der Waals surface area contributed by atoms with Gasteiger partial charge in [0.15, 0.2) is 0 Å². The summed E-state index contributed by atoms with van der Waals surface area (Å²) in [5.41, 5.74) is 10.3. The minimum atomic E-state index is -1.49. The minimum absolute atomic E-state index is 0.222. The highest BCUT2D eigenvalue weighted by atomic mass is 32.2. The van der Waals surface area contributed by atoms with Crippen LogP contribution in [-0.4, -0.2) is 70.6 Å². The van der Waals surface area contributed by atoms with Crippen LogP contribution in [0.1, 0.15) is 12.8 Å². The van der Waals surface area contributed by atoms with Gasteiger partial charge in [0.25, 0.3) is 0 Å². The first kappa shape index (κ1) is 21.1. The Labute approximate surface area is 137 Å². The second-order valence-corrected chi connectivity index (χ2v) is 5.69. The van der Waals surface area contributed by atoms with Gasteiger partial charge >= 0.3 is 5.97 Å². The van der Waals surface area contributed by atoms with Gasteiger partial charge < -0.3 is 32.3 Å². The molecule has 11 heteroatoms. The summed E-state index contributed by atoms with van der Waals surface area (Å²) in [6, 6.07) is -3.72. The third-order valence-electron chi connectivity index (χ3n) is 2.80. The summed E-state index contributed by atoms with van der Waals surface area (Å²) in [5, 5.41) is 22.3. The van der Waals surface area contributed by atoms with E-state index in [1.165, 1.54) is 11.8 Å². The zero-order valence-corrected chi connectivity index (χ0v) is 13.5. The van der Waals surface area contributed by atoms with E-state index in [0.717, 1.165) is 0 Å². The van der Waals surface area contributed by atoms with Crippen molar-refractivity contribution in [2.24, 2.45) is 11.5 Å². The van der Waals surface area contributed by atoms with Crippen molar-refractivity contribution in [1.82, 2.24) is 10.6 Å². The lowest BCUT2D eigenvalue weighted by Gasteiger charge is -2.22. The number of hydrogen-bond donors (Lipinski definition) is 6. The summed E-state index contributed by atoms with van der Waals surface area (Å²) in [7, 11) is 0.